The van der Waals surface area contributed by atoms with E-state index in [4.69, 9.17) is 28.2 Å². The van der Waals surface area contributed by atoms with Crippen molar-refractivity contribution in [1.29, 1.82) is 0 Å². The van der Waals surface area contributed by atoms with Crippen molar-refractivity contribution in [2.45, 2.75) is 76.9 Å². The fourth-order valence-electron chi connectivity index (χ4n) is 6.98. The van der Waals surface area contributed by atoms with E-state index in [2.05, 4.69) is 11.8 Å². The number of anilines is 1. The summed E-state index contributed by atoms with van der Waals surface area (Å²) in [7, 11) is 0. The summed E-state index contributed by atoms with van der Waals surface area (Å²) < 4.78 is 0. The van der Waals surface area contributed by atoms with Crippen LogP contribution in [0, 0.1) is 17.8 Å². The molecule has 1 unspecified atom stereocenters. The highest BCUT2D eigenvalue weighted by Crippen LogP contribution is 2.57. The van der Waals surface area contributed by atoms with E-state index in [9.17, 15) is 4.79 Å². The zero-order chi connectivity index (χ0) is 22.5. The molecule has 8 heteroatoms. The van der Waals surface area contributed by atoms with Crippen molar-refractivity contribution in [3.8, 4) is 0 Å². The van der Waals surface area contributed by atoms with Gasteiger partial charge in [-0.3, -0.25) is 14.7 Å². The van der Waals surface area contributed by atoms with Gasteiger partial charge in [0.05, 0.1) is 5.54 Å². The number of hydrogen-bond acceptors (Lipinski definition) is 3. The number of amidine groups is 1. The van der Waals surface area contributed by atoms with Gasteiger partial charge in [-0.1, -0.05) is 48.3 Å². The van der Waals surface area contributed by atoms with Crippen molar-refractivity contribution < 1.29 is 4.79 Å². The second-order valence-corrected chi connectivity index (χ2v) is 12.3. The second kappa shape index (κ2) is 10.2. The molecule has 0 radical (unpaired) electrons. The normalized spacial score (nSPS) is 33.5. The molecule has 182 valence electrons. The molecule has 1 atom stereocenters. The van der Waals surface area contributed by atoms with Crippen LogP contribution in [-0.2, 0) is 4.79 Å². The Kier molecular flexibility index (Phi) is 7.85. The maximum atomic E-state index is 12.9. The third-order valence-corrected chi connectivity index (χ3v) is 9.31. The zero-order valence-electron chi connectivity index (χ0n) is 19.4. The van der Waals surface area contributed by atoms with Crippen LogP contribution >= 0.6 is 47.4 Å². The molecule has 1 saturated heterocycles. The van der Waals surface area contributed by atoms with Crippen molar-refractivity contribution in [2.24, 2.45) is 22.7 Å². The minimum atomic E-state index is -0.0637. The monoisotopic (exact) mass is 529 g/mol. The van der Waals surface area contributed by atoms with Gasteiger partial charge in [0.15, 0.2) is 5.17 Å². The summed E-state index contributed by atoms with van der Waals surface area (Å²) >= 11 is 14.4. The van der Waals surface area contributed by atoms with E-state index in [1.165, 1.54) is 38.5 Å². The van der Waals surface area contributed by atoms with Crippen molar-refractivity contribution in [1.82, 2.24) is 4.90 Å². The molecule has 4 saturated carbocycles. The molecule has 0 aromatic heterocycles. The first-order valence-corrected chi connectivity index (χ1v) is 13.8. The quantitative estimate of drug-likeness (QED) is 0.388. The standard InChI is InChI=1S/C25H33Cl2N3OS.ClH/c1-3-4-5-29-23(30(16(2)31)22-10-20(26)9-21(27)11-22)15-32-24(29)28-25-12-17-6-18(13-25)8-19(7-17)14-25;/h9-11,17-19,23H,3-8,12-15H2,1-2H3;1H. The summed E-state index contributed by atoms with van der Waals surface area (Å²) in [5, 5.41) is 2.24. The number of halogens is 3. The van der Waals surface area contributed by atoms with Crippen molar-refractivity contribution >= 4 is 64.1 Å². The topological polar surface area (TPSA) is 35.9 Å². The average Bonchev–Trinajstić information content (AvgIpc) is 3.05. The van der Waals surface area contributed by atoms with Gasteiger partial charge in [-0.05, 0) is 80.9 Å². The van der Waals surface area contributed by atoms with E-state index in [1.54, 1.807) is 13.0 Å². The van der Waals surface area contributed by atoms with Crippen LogP contribution in [0.25, 0.3) is 0 Å². The molecule has 6 rings (SSSR count). The first kappa shape index (κ1) is 25.5. The Morgan fingerprint density at radius 2 is 1.70 bits per heavy atom. The summed E-state index contributed by atoms with van der Waals surface area (Å²) in [6, 6.07) is 5.39. The lowest BCUT2D eigenvalue weighted by atomic mass is 9.53. The molecule has 0 N–H and O–H groups in total. The molecule has 1 amide bonds. The Hall–Kier alpha value is -0.620. The number of rotatable bonds is 6. The first-order valence-electron chi connectivity index (χ1n) is 12.1. The van der Waals surface area contributed by atoms with Crippen LogP contribution in [0.3, 0.4) is 0 Å². The molecule has 1 heterocycles. The molecule has 5 fully saturated rings. The number of unbranched alkanes of at least 4 members (excludes halogenated alkanes) is 1. The highest BCUT2D eigenvalue weighted by molar-refractivity contribution is 8.14. The maximum absolute atomic E-state index is 12.9. The highest BCUT2D eigenvalue weighted by Gasteiger charge is 2.52. The van der Waals surface area contributed by atoms with Crippen molar-refractivity contribution in [3.05, 3.63) is 28.2 Å². The van der Waals surface area contributed by atoms with Gasteiger partial charge < -0.3 is 4.90 Å². The molecular formula is C25H34Cl3N3OS. The minimum Gasteiger partial charge on any atom is -0.330 e. The molecule has 4 aliphatic carbocycles. The average molecular weight is 531 g/mol. The van der Waals surface area contributed by atoms with E-state index < -0.39 is 0 Å². The van der Waals surface area contributed by atoms with E-state index >= 15 is 0 Å². The molecule has 5 aliphatic rings. The minimum absolute atomic E-state index is 0. The number of benzene rings is 1. The van der Waals surface area contributed by atoms with Crippen LogP contribution < -0.4 is 4.90 Å². The zero-order valence-corrected chi connectivity index (χ0v) is 22.6. The summed E-state index contributed by atoms with van der Waals surface area (Å²) in [4.78, 5) is 22.6. The number of hydrogen-bond donors (Lipinski definition) is 0. The van der Waals surface area contributed by atoms with Gasteiger partial charge in [-0.15, -0.1) is 12.4 Å². The van der Waals surface area contributed by atoms with Crippen LogP contribution in [0.15, 0.2) is 23.2 Å². The van der Waals surface area contributed by atoms with Crippen LogP contribution in [0.5, 0.6) is 0 Å². The largest absolute Gasteiger partial charge is 0.330 e. The van der Waals surface area contributed by atoms with E-state index in [1.807, 2.05) is 28.8 Å². The van der Waals surface area contributed by atoms with Gasteiger partial charge >= 0.3 is 0 Å². The number of carbonyl (C=O) groups is 1. The van der Waals surface area contributed by atoms with Gasteiger partial charge in [-0.25, -0.2) is 0 Å². The number of thioether (sulfide) groups is 1. The Morgan fingerprint density at radius 1 is 1.12 bits per heavy atom. The summed E-state index contributed by atoms with van der Waals surface area (Å²) in [5.41, 5.74) is 0.898. The SMILES string of the molecule is CCCCN1C(=NC23CC4CC(CC(C4)C2)C3)SCC1N(C(C)=O)c1cc(Cl)cc(Cl)c1.Cl. The maximum Gasteiger partial charge on any atom is 0.225 e. The van der Waals surface area contributed by atoms with Gasteiger partial charge in [-0.2, -0.15) is 0 Å². The fraction of sp³-hybridized carbons (Fsp3) is 0.680. The number of aliphatic imine (C=N–C) groups is 1. The van der Waals surface area contributed by atoms with Crippen LogP contribution in [-0.4, -0.2) is 40.0 Å². The Labute approximate surface area is 218 Å². The molecule has 4 nitrogen and oxygen atoms in total. The number of nitrogens with zero attached hydrogens (tertiary/aromatic N) is 3. The molecular weight excluding hydrogens is 497 g/mol. The van der Waals surface area contributed by atoms with Gasteiger partial charge in [0.25, 0.3) is 0 Å². The van der Waals surface area contributed by atoms with Crippen LogP contribution in [0.1, 0.15) is 65.2 Å². The molecule has 1 aliphatic heterocycles. The van der Waals surface area contributed by atoms with Gasteiger partial charge in [0, 0.05) is 35.0 Å². The predicted octanol–water partition coefficient (Wildman–Crippen LogP) is 7.27. The van der Waals surface area contributed by atoms with Gasteiger partial charge in [0.2, 0.25) is 5.91 Å². The molecule has 1 aromatic carbocycles. The van der Waals surface area contributed by atoms with E-state index in [0.717, 1.165) is 53.7 Å². The number of amides is 1. The number of carbonyl (C=O) groups excluding carboxylic acids is 1. The third kappa shape index (κ3) is 5.17. The third-order valence-electron chi connectivity index (χ3n) is 7.82. The molecule has 0 spiro atoms. The lowest BCUT2D eigenvalue weighted by molar-refractivity contribution is -0.117. The first-order chi connectivity index (χ1) is 15.4. The molecule has 1 aromatic rings. The second-order valence-electron chi connectivity index (χ2n) is 10.4. The van der Waals surface area contributed by atoms with Crippen LogP contribution in [0.4, 0.5) is 5.69 Å². The Morgan fingerprint density at radius 3 is 2.21 bits per heavy atom. The van der Waals surface area contributed by atoms with Crippen LogP contribution in [0.2, 0.25) is 10.0 Å². The van der Waals surface area contributed by atoms with E-state index in [-0.39, 0.29) is 30.0 Å². The molecule has 4 bridgehead atoms. The van der Waals surface area contributed by atoms with Crippen molar-refractivity contribution in [3.63, 3.8) is 0 Å². The summed E-state index contributed by atoms with van der Waals surface area (Å²) in [6.07, 6.45) is 10.2. The fourth-order valence-corrected chi connectivity index (χ4v) is 8.76. The predicted molar refractivity (Wildman–Crippen MR) is 143 cm³/mol. The van der Waals surface area contributed by atoms with Crippen molar-refractivity contribution in [2.75, 3.05) is 17.2 Å². The Bertz CT molecular complexity index is 869. The molecule has 33 heavy (non-hydrogen) atoms. The van der Waals surface area contributed by atoms with Gasteiger partial charge in [0.1, 0.15) is 6.17 Å². The van der Waals surface area contributed by atoms with E-state index in [0.29, 0.717) is 10.0 Å². The summed E-state index contributed by atoms with van der Waals surface area (Å²) in [6.45, 7) is 4.76. The lowest BCUT2D eigenvalue weighted by Crippen LogP contribution is -2.52. The summed E-state index contributed by atoms with van der Waals surface area (Å²) in [5.74, 6) is 3.45. The smallest absolute Gasteiger partial charge is 0.225 e. The highest BCUT2D eigenvalue weighted by atomic mass is 35.5. The lowest BCUT2D eigenvalue weighted by Gasteiger charge is -2.55. The Balaban J connectivity index is 0.00000259.